The van der Waals surface area contributed by atoms with Crippen LogP contribution in [-0.4, -0.2) is 61.2 Å². The third kappa shape index (κ3) is 18.4. The van der Waals surface area contributed by atoms with Crippen LogP contribution in [0.25, 0.3) is 0 Å². The summed E-state index contributed by atoms with van der Waals surface area (Å²) in [7, 11) is -4.52. The molecule has 0 heterocycles. The summed E-state index contributed by atoms with van der Waals surface area (Å²) in [6.07, 6.45) is 8.16. The first kappa shape index (κ1) is 24.6. The Bertz CT molecular complexity index is 372. The van der Waals surface area contributed by atoms with E-state index in [9.17, 15) is 13.2 Å². The molecule has 0 aliphatic heterocycles. The van der Waals surface area contributed by atoms with E-state index < -0.39 is 22.5 Å². The number of carbonyl (C=O) groups is 1. The third-order valence-electron chi connectivity index (χ3n) is 3.00. The summed E-state index contributed by atoms with van der Waals surface area (Å²) in [5.74, 6) is -0.519. The maximum absolute atomic E-state index is 11.4. The number of ether oxygens (including phenoxy) is 1. The van der Waals surface area contributed by atoms with E-state index in [1.807, 2.05) is 0 Å². The normalized spacial score (nSPS) is 12.5. The van der Waals surface area contributed by atoms with Crippen LogP contribution in [0.15, 0.2) is 0 Å². The average Bonchev–Trinajstić information content (AvgIpc) is 2.34. The molecule has 0 aromatic rings. The molecule has 22 heavy (non-hydrogen) atoms. The summed E-state index contributed by atoms with van der Waals surface area (Å²) in [6, 6.07) is 0. The molecular weight excluding hydrogens is 319 g/mol. The minimum atomic E-state index is -4.52. The van der Waals surface area contributed by atoms with E-state index in [1.165, 1.54) is 39.0 Å². The summed E-state index contributed by atoms with van der Waals surface area (Å²) in [5, 5.41) is 0. The van der Waals surface area contributed by atoms with E-state index in [4.69, 9.17) is 9.29 Å². The van der Waals surface area contributed by atoms with Gasteiger partial charge in [-0.3, -0.25) is 9.35 Å². The van der Waals surface area contributed by atoms with E-state index in [-0.39, 0.29) is 36.0 Å². The van der Waals surface area contributed by atoms with Crippen LogP contribution in [0, 0.1) is 0 Å². The van der Waals surface area contributed by atoms with Gasteiger partial charge < -0.3 is 4.74 Å². The van der Waals surface area contributed by atoms with Gasteiger partial charge in [0.05, 0.1) is 19.1 Å². The summed E-state index contributed by atoms with van der Waals surface area (Å²) < 4.78 is 38.5. The number of hydrogen-bond acceptors (Lipinski definition) is 5. The summed E-state index contributed by atoms with van der Waals surface area (Å²) in [4.78, 5) is 11.4. The molecule has 1 radical (unpaired) electrons. The largest absolute Gasteiger partial charge is 0.466 e. The Hall–Kier alpha value is 0.340. The molecule has 1 unspecified atom stereocenters. The fourth-order valence-electron chi connectivity index (χ4n) is 1.96. The predicted octanol–water partition coefficient (Wildman–Crippen LogP) is 2.89. The van der Waals surface area contributed by atoms with Crippen LogP contribution in [0.5, 0.6) is 0 Å². The van der Waals surface area contributed by atoms with Gasteiger partial charge in [0.15, 0.2) is 0 Å². The van der Waals surface area contributed by atoms with Crippen LogP contribution in [0.2, 0.25) is 0 Å². The number of carbonyl (C=O) groups excluding carboxylic acids is 1. The van der Waals surface area contributed by atoms with Gasteiger partial charge >= 0.3 is 16.4 Å². The Kier molecular flexibility index (Phi) is 16.7. The monoisotopic (exact) mass is 347 g/mol. The minimum Gasteiger partial charge on any atom is -0.466 e. The summed E-state index contributed by atoms with van der Waals surface area (Å²) >= 11 is 0. The Morgan fingerprint density at radius 3 is 2.05 bits per heavy atom. The molecule has 0 aromatic heterocycles. The molecular formula is C14H28NaO6S. The molecule has 0 aliphatic carbocycles. The molecule has 0 fully saturated rings. The van der Waals surface area contributed by atoms with Crippen LogP contribution >= 0.6 is 0 Å². The standard InChI is InChI=1S/C14H28O6S.Na/c1-3-4-5-6-7-8-9-10-11-19-14(15)12-13(2)20-21(16,17)18;/h13H,3-12H2,1-2H3,(H,16,17,18);. The first-order valence-corrected chi connectivity index (χ1v) is 9.03. The smallest absolute Gasteiger partial charge is 0.397 e. The first-order chi connectivity index (χ1) is 9.85. The molecule has 0 amide bonds. The molecule has 1 atom stereocenters. The predicted molar refractivity (Wildman–Crippen MR) is 86.0 cm³/mol. The molecule has 0 saturated heterocycles. The van der Waals surface area contributed by atoms with Gasteiger partial charge in [0.25, 0.3) is 0 Å². The zero-order valence-electron chi connectivity index (χ0n) is 14.0. The van der Waals surface area contributed by atoms with Crippen LogP contribution < -0.4 is 0 Å². The SMILES string of the molecule is CCCCCCCCCCOC(=O)CC(C)OS(=O)(=O)O.[Na]. The number of rotatable bonds is 13. The second-order valence-corrected chi connectivity index (χ2v) is 6.28. The molecule has 127 valence electrons. The van der Waals surface area contributed by atoms with Gasteiger partial charge in [-0.2, -0.15) is 8.42 Å². The quantitative estimate of drug-likeness (QED) is 0.238. The van der Waals surface area contributed by atoms with Gasteiger partial charge in [-0.1, -0.05) is 51.9 Å². The van der Waals surface area contributed by atoms with Crippen molar-refractivity contribution in [2.75, 3.05) is 6.61 Å². The van der Waals surface area contributed by atoms with Gasteiger partial charge in [0, 0.05) is 29.6 Å². The molecule has 8 heteroatoms. The fraction of sp³-hybridized carbons (Fsp3) is 0.929. The van der Waals surface area contributed by atoms with Gasteiger partial charge in [-0.05, 0) is 13.3 Å². The molecule has 0 bridgehead atoms. The summed E-state index contributed by atoms with van der Waals surface area (Å²) in [6.45, 7) is 3.91. The zero-order chi connectivity index (χ0) is 16.1. The van der Waals surface area contributed by atoms with E-state index in [1.54, 1.807) is 0 Å². The number of esters is 1. The first-order valence-electron chi connectivity index (χ1n) is 7.66. The van der Waals surface area contributed by atoms with E-state index >= 15 is 0 Å². The van der Waals surface area contributed by atoms with Gasteiger partial charge in [-0.15, -0.1) is 0 Å². The zero-order valence-corrected chi connectivity index (χ0v) is 16.9. The van der Waals surface area contributed by atoms with Crippen molar-refractivity contribution >= 4 is 45.9 Å². The van der Waals surface area contributed by atoms with Crippen molar-refractivity contribution in [3.05, 3.63) is 0 Å². The minimum absolute atomic E-state index is 0. The van der Waals surface area contributed by atoms with Gasteiger partial charge in [0.2, 0.25) is 0 Å². The Morgan fingerprint density at radius 2 is 1.55 bits per heavy atom. The molecule has 0 rings (SSSR count). The number of hydrogen-bond donors (Lipinski definition) is 1. The molecule has 6 nitrogen and oxygen atoms in total. The maximum Gasteiger partial charge on any atom is 0.397 e. The van der Waals surface area contributed by atoms with E-state index in [2.05, 4.69) is 11.1 Å². The molecule has 0 spiro atoms. The van der Waals surface area contributed by atoms with Crippen molar-refractivity contribution in [3.63, 3.8) is 0 Å². The van der Waals surface area contributed by atoms with Crippen molar-refractivity contribution in [1.29, 1.82) is 0 Å². The topological polar surface area (TPSA) is 89.9 Å². The fourth-order valence-corrected chi connectivity index (χ4v) is 2.44. The second kappa shape index (κ2) is 14.9. The van der Waals surface area contributed by atoms with Crippen molar-refractivity contribution in [1.82, 2.24) is 0 Å². The van der Waals surface area contributed by atoms with Crippen LogP contribution in [0.4, 0.5) is 0 Å². The average molecular weight is 347 g/mol. The Balaban J connectivity index is 0. The van der Waals surface area contributed by atoms with E-state index in [0.29, 0.717) is 6.61 Å². The van der Waals surface area contributed by atoms with Gasteiger partial charge in [-0.25, -0.2) is 4.18 Å². The molecule has 0 aliphatic rings. The van der Waals surface area contributed by atoms with Gasteiger partial charge in [0.1, 0.15) is 0 Å². The van der Waals surface area contributed by atoms with Crippen LogP contribution in [0.1, 0.15) is 71.6 Å². The van der Waals surface area contributed by atoms with Crippen molar-refractivity contribution in [2.45, 2.75) is 77.7 Å². The van der Waals surface area contributed by atoms with Crippen molar-refractivity contribution < 1.29 is 26.7 Å². The molecule has 1 N–H and O–H groups in total. The Labute approximate surface area is 156 Å². The third-order valence-corrected chi connectivity index (χ3v) is 3.57. The van der Waals surface area contributed by atoms with Crippen LogP contribution in [-0.2, 0) is 24.1 Å². The van der Waals surface area contributed by atoms with Crippen LogP contribution in [0.3, 0.4) is 0 Å². The molecule has 0 aromatic carbocycles. The Morgan fingerprint density at radius 1 is 1.05 bits per heavy atom. The number of unbranched alkanes of at least 4 members (excludes halogenated alkanes) is 7. The second-order valence-electron chi connectivity index (χ2n) is 5.23. The molecule has 0 saturated carbocycles. The maximum atomic E-state index is 11.4. The van der Waals surface area contributed by atoms with E-state index in [0.717, 1.165) is 19.3 Å². The van der Waals surface area contributed by atoms with Crippen molar-refractivity contribution in [2.24, 2.45) is 0 Å². The summed E-state index contributed by atoms with van der Waals surface area (Å²) in [5.41, 5.74) is 0. The van der Waals surface area contributed by atoms with Crippen molar-refractivity contribution in [3.8, 4) is 0 Å².